The summed E-state index contributed by atoms with van der Waals surface area (Å²) in [6.07, 6.45) is -4.12. The van der Waals surface area contributed by atoms with Crippen molar-refractivity contribution in [2.75, 3.05) is 0 Å². The van der Waals surface area contributed by atoms with Gasteiger partial charge in [-0.2, -0.15) is 13.2 Å². The molecule has 0 radical (unpaired) electrons. The van der Waals surface area contributed by atoms with E-state index >= 15 is 0 Å². The van der Waals surface area contributed by atoms with E-state index < -0.39 is 22.3 Å². The Morgan fingerprint density at radius 2 is 1.91 bits per heavy atom. The Morgan fingerprint density at radius 3 is 2.45 bits per heavy atom. The van der Waals surface area contributed by atoms with Gasteiger partial charge in [-0.15, -0.1) is 0 Å². The van der Waals surface area contributed by atoms with E-state index in [1.54, 1.807) is 6.92 Å². The van der Waals surface area contributed by atoms with Crippen molar-refractivity contribution in [1.82, 2.24) is 9.55 Å². The molecule has 0 spiro atoms. The molecule has 2 aromatic rings. The SMILES string of the molecule is CCC(Br)c1nc(C(F)(F)F)cc(=O)n1Cc1ccccc1. The molecule has 7 heteroatoms. The number of hydrogen-bond donors (Lipinski definition) is 0. The van der Waals surface area contributed by atoms with Gasteiger partial charge in [0.05, 0.1) is 11.4 Å². The van der Waals surface area contributed by atoms with E-state index in [9.17, 15) is 18.0 Å². The van der Waals surface area contributed by atoms with Crippen LogP contribution in [0.5, 0.6) is 0 Å². The van der Waals surface area contributed by atoms with Gasteiger partial charge < -0.3 is 0 Å². The van der Waals surface area contributed by atoms with Crippen molar-refractivity contribution in [3.05, 3.63) is 63.8 Å². The van der Waals surface area contributed by atoms with E-state index in [0.717, 1.165) is 5.56 Å². The summed E-state index contributed by atoms with van der Waals surface area (Å²) in [5, 5.41) is 0. The van der Waals surface area contributed by atoms with Crippen LogP contribution in [-0.2, 0) is 12.7 Å². The molecule has 1 unspecified atom stereocenters. The average molecular weight is 375 g/mol. The fourth-order valence-corrected chi connectivity index (χ4v) is 2.37. The predicted octanol–water partition coefficient (Wildman–Crippen LogP) is 4.16. The summed E-state index contributed by atoms with van der Waals surface area (Å²) < 4.78 is 39.8. The van der Waals surface area contributed by atoms with Crippen molar-refractivity contribution in [3.63, 3.8) is 0 Å². The van der Waals surface area contributed by atoms with Gasteiger partial charge in [0.2, 0.25) is 0 Å². The molecule has 0 aliphatic heterocycles. The molecule has 0 bridgehead atoms. The first-order chi connectivity index (χ1) is 10.3. The zero-order chi connectivity index (χ0) is 16.3. The molecule has 0 saturated carbocycles. The first-order valence-corrected chi connectivity index (χ1v) is 7.61. The zero-order valence-electron chi connectivity index (χ0n) is 11.8. The van der Waals surface area contributed by atoms with Crippen molar-refractivity contribution < 1.29 is 13.2 Å². The van der Waals surface area contributed by atoms with Crippen LogP contribution < -0.4 is 5.56 Å². The lowest BCUT2D eigenvalue weighted by atomic mass is 10.2. The maximum absolute atomic E-state index is 12.8. The molecule has 3 nitrogen and oxygen atoms in total. The quantitative estimate of drug-likeness (QED) is 0.753. The van der Waals surface area contributed by atoms with Crippen molar-refractivity contribution >= 4 is 15.9 Å². The highest BCUT2D eigenvalue weighted by Gasteiger charge is 2.34. The molecule has 118 valence electrons. The fourth-order valence-electron chi connectivity index (χ4n) is 2.02. The number of benzene rings is 1. The third kappa shape index (κ3) is 3.76. The number of alkyl halides is 4. The molecule has 0 aliphatic carbocycles. The lowest BCUT2D eigenvalue weighted by molar-refractivity contribution is -0.141. The minimum absolute atomic E-state index is 0.0891. The average Bonchev–Trinajstić information content (AvgIpc) is 2.48. The smallest absolute Gasteiger partial charge is 0.291 e. The van der Waals surface area contributed by atoms with E-state index in [4.69, 9.17) is 0 Å². The van der Waals surface area contributed by atoms with Gasteiger partial charge in [-0.25, -0.2) is 4.98 Å². The number of aromatic nitrogens is 2. The monoisotopic (exact) mass is 374 g/mol. The number of rotatable bonds is 4. The van der Waals surface area contributed by atoms with Crippen LogP contribution in [0.3, 0.4) is 0 Å². The molecule has 1 heterocycles. The molecular weight excluding hydrogens is 361 g/mol. The fraction of sp³-hybridized carbons (Fsp3) is 0.333. The van der Waals surface area contributed by atoms with Gasteiger partial charge in [0.15, 0.2) is 5.69 Å². The maximum Gasteiger partial charge on any atom is 0.433 e. The molecule has 0 fully saturated rings. The van der Waals surface area contributed by atoms with Gasteiger partial charge in [0.1, 0.15) is 5.82 Å². The Hall–Kier alpha value is -1.63. The molecule has 1 aromatic heterocycles. The highest BCUT2D eigenvalue weighted by Crippen LogP contribution is 2.30. The number of nitrogens with zero attached hydrogens (tertiary/aromatic N) is 2. The normalized spacial score (nSPS) is 13.1. The maximum atomic E-state index is 12.8. The van der Waals surface area contributed by atoms with E-state index in [0.29, 0.717) is 12.5 Å². The Morgan fingerprint density at radius 1 is 1.27 bits per heavy atom. The topological polar surface area (TPSA) is 34.9 Å². The molecule has 1 atom stereocenters. The van der Waals surface area contributed by atoms with Crippen LogP contribution in [0.2, 0.25) is 0 Å². The molecule has 0 N–H and O–H groups in total. The summed E-state index contributed by atoms with van der Waals surface area (Å²) in [7, 11) is 0. The summed E-state index contributed by atoms with van der Waals surface area (Å²) in [4.78, 5) is 15.4. The highest BCUT2D eigenvalue weighted by atomic mass is 79.9. The van der Waals surface area contributed by atoms with Crippen molar-refractivity contribution in [3.8, 4) is 0 Å². The van der Waals surface area contributed by atoms with Gasteiger partial charge >= 0.3 is 6.18 Å². The van der Waals surface area contributed by atoms with E-state index in [1.807, 2.05) is 30.3 Å². The molecule has 0 aliphatic rings. The molecule has 1 aromatic carbocycles. The third-order valence-electron chi connectivity index (χ3n) is 3.15. The predicted molar refractivity (Wildman–Crippen MR) is 81.0 cm³/mol. The van der Waals surface area contributed by atoms with Crippen LogP contribution in [0.25, 0.3) is 0 Å². The van der Waals surface area contributed by atoms with Gasteiger partial charge in [0.25, 0.3) is 5.56 Å². The first kappa shape index (κ1) is 16.7. The van der Waals surface area contributed by atoms with Gasteiger partial charge in [-0.1, -0.05) is 53.2 Å². The van der Waals surface area contributed by atoms with Crippen LogP contribution >= 0.6 is 15.9 Å². The summed E-state index contributed by atoms with van der Waals surface area (Å²) in [6, 6.07) is 9.61. The van der Waals surface area contributed by atoms with Crippen LogP contribution in [0.15, 0.2) is 41.2 Å². The molecular formula is C15H14BrF3N2O. The minimum Gasteiger partial charge on any atom is -0.291 e. The highest BCUT2D eigenvalue weighted by molar-refractivity contribution is 9.09. The zero-order valence-corrected chi connectivity index (χ0v) is 13.4. The molecule has 0 saturated heterocycles. The summed E-state index contributed by atoms with van der Waals surface area (Å²) >= 11 is 3.29. The molecule has 0 amide bonds. The number of hydrogen-bond acceptors (Lipinski definition) is 2. The van der Waals surface area contributed by atoms with E-state index in [1.165, 1.54) is 4.57 Å². The minimum atomic E-state index is -4.64. The lowest BCUT2D eigenvalue weighted by Gasteiger charge is -2.17. The van der Waals surface area contributed by atoms with E-state index in [-0.39, 0.29) is 12.4 Å². The van der Waals surface area contributed by atoms with Crippen LogP contribution in [0.1, 0.15) is 35.3 Å². The van der Waals surface area contributed by atoms with Gasteiger partial charge in [-0.05, 0) is 12.0 Å². The Balaban J connectivity index is 2.55. The van der Waals surface area contributed by atoms with Crippen molar-refractivity contribution in [2.45, 2.75) is 30.9 Å². The lowest BCUT2D eigenvalue weighted by Crippen LogP contribution is -2.29. The molecule has 22 heavy (non-hydrogen) atoms. The van der Waals surface area contributed by atoms with E-state index in [2.05, 4.69) is 20.9 Å². The Bertz CT molecular complexity index is 698. The second-order valence-electron chi connectivity index (χ2n) is 4.78. The second-order valence-corrected chi connectivity index (χ2v) is 5.89. The Kier molecular flexibility index (Phi) is 5.05. The van der Waals surface area contributed by atoms with Gasteiger partial charge in [0, 0.05) is 6.07 Å². The molecule has 2 rings (SSSR count). The van der Waals surface area contributed by atoms with Crippen LogP contribution in [0, 0.1) is 0 Å². The summed E-state index contributed by atoms with van der Waals surface area (Å²) in [5.74, 6) is 0.0891. The third-order valence-corrected chi connectivity index (χ3v) is 4.21. The second kappa shape index (κ2) is 6.64. The largest absolute Gasteiger partial charge is 0.433 e. The van der Waals surface area contributed by atoms with Crippen molar-refractivity contribution in [1.29, 1.82) is 0 Å². The number of halogens is 4. The van der Waals surface area contributed by atoms with Crippen LogP contribution in [0.4, 0.5) is 13.2 Å². The Labute approximate surface area is 133 Å². The summed E-state index contributed by atoms with van der Waals surface area (Å²) in [5.41, 5.74) is -1.04. The van der Waals surface area contributed by atoms with Crippen LogP contribution in [-0.4, -0.2) is 9.55 Å². The van der Waals surface area contributed by atoms with Crippen molar-refractivity contribution in [2.24, 2.45) is 0 Å². The van der Waals surface area contributed by atoms with Gasteiger partial charge in [-0.3, -0.25) is 9.36 Å². The first-order valence-electron chi connectivity index (χ1n) is 6.70. The summed E-state index contributed by atoms with van der Waals surface area (Å²) in [6.45, 7) is 1.99. The standard InChI is InChI=1S/C15H14BrF3N2O/c1-2-11(16)14-20-12(15(17,18)19)8-13(22)21(14)9-10-6-4-3-5-7-10/h3-8,11H,2,9H2,1H3.